The molecule has 2 unspecified atom stereocenters. The summed E-state index contributed by atoms with van der Waals surface area (Å²) in [5.74, 6) is 1.99. The van der Waals surface area contributed by atoms with E-state index in [1.807, 2.05) is 0 Å². The van der Waals surface area contributed by atoms with Gasteiger partial charge in [-0.1, -0.05) is 0 Å². The highest BCUT2D eigenvalue weighted by atomic mass is 35.5. The van der Waals surface area contributed by atoms with Crippen LogP contribution in [0.15, 0.2) is 0 Å². The quantitative estimate of drug-likeness (QED) is 0.732. The Labute approximate surface area is 103 Å². The summed E-state index contributed by atoms with van der Waals surface area (Å²) in [6.45, 7) is 0.768. The molecule has 96 valence electrons. The molecule has 1 aliphatic rings. The molecule has 0 heterocycles. The average Bonchev–Trinajstić information content (AvgIpc) is 2.33. The summed E-state index contributed by atoms with van der Waals surface area (Å²) in [5.41, 5.74) is 5.48. The van der Waals surface area contributed by atoms with Crippen LogP contribution in [-0.4, -0.2) is 30.4 Å². The highest BCUT2D eigenvalue weighted by Gasteiger charge is 2.27. The van der Waals surface area contributed by atoms with Gasteiger partial charge in [-0.05, 0) is 44.6 Å². The fraction of sp³-hybridized carbons (Fsp3) is 0.917. The Kier molecular flexibility index (Phi) is 9.99. The van der Waals surface area contributed by atoms with Crippen molar-refractivity contribution in [1.82, 2.24) is 0 Å². The van der Waals surface area contributed by atoms with Gasteiger partial charge in [0.05, 0.1) is 0 Å². The number of hydrogen-bond acceptors (Lipinski definition) is 3. The summed E-state index contributed by atoms with van der Waals surface area (Å²) in [6.07, 6.45) is 6.01. The molecule has 0 radical (unpaired) electrons. The number of aliphatic hydroxyl groups is 1. The number of carbonyl (C=O) groups is 1. The number of Topliss-reactive ketones (excluding diaryl/α,β-unsaturated/α-hetero) is 1. The third-order valence-corrected chi connectivity index (χ3v) is 3.36. The molecule has 1 rings (SSSR count). The van der Waals surface area contributed by atoms with Crippen LogP contribution < -0.4 is 5.73 Å². The maximum absolute atomic E-state index is 11.5. The second-order valence-electron chi connectivity index (χ2n) is 4.21. The van der Waals surface area contributed by atoms with Gasteiger partial charge in [0, 0.05) is 25.3 Å². The van der Waals surface area contributed by atoms with Crippen LogP contribution in [-0.2, 0) is 4.79 Å². The number of ketones is 1. The molecular formula is C12H24ClNO2. The summed E-state index contributed by atoms with van der Waals surface area (Å²) in [5, 5.41) is 7.00. The van der Waals surface area contributed by atoms with Gasteiger partial charge in [-0.2, -0.15) is 0 Å². The van der Waals surface area contributed by atoms with E-state index < -0.39 is 0 Å². The molecule has 0 aliphatic heterocycles. The van der Waals surface area contributed by atoms with Crippen molar-refractivity contribution in [3.63, 3.8) is 0 Å². The van der Waals surface area contributed by atoms with E-state index in [-0.39, 0.29) is 5.92 Å². The molecule has 4 heteroatoms. The first-order chi connectivity index (χ1) is 7.77. The molecule has 3 N–H and O–H groups in total. The van der Waals surface area contributed by atoms with Crippen molar-refractivity contribution in [3.8, 4) is 0 Å². The van der Waals surface area contributed by atoms with Gasteiger partial charge in [0.15, 0.2) is 0 Å². The number of carbonyl (C=O) groups excluding carboxylic acids is 1. The lowest BCUT2D eigenvalue weighted by atomic mass is 9.77. The smallest absolute Gasteiger partial charge is 0.136 e. The maximum atomic E-state index is 11.5. The van der Waals surface area contributed by atoms with Crippen molar-refractivity contribution in [3.05, 3.63) is 0 Å². The maximum Gasteiger partial charge on any atom is 0.136 e. The fourth-order valence-corrected chi connectivity index (χ4v) is 2.54. The molecule has 0 spiro atoms. The van der Waals surface area contributed by atoms with Crippen molar-refractivity contribution in [1.29, 1.82) is 0 Å². The lowest BCUT2D eigenvalue weighted by Crippen LogP contribution is -2.25. The molecule has 2 atom stereocenters. The van der Waals surface area contributed by atoms with Crippen LogP contribution in [0.5, 0.6) is 0 Å². The van der Waals surface area contributed by atoms with E-state index in [2.05, 4.69) is 0 Å². The van der Waals surface area contributed by atoms with Crippen LogP contribution in [0.25, 0.3) is 0 Å². The lowest BCUT2D eigenvalue weighted by molar-refractivity contribution is -0.125. The van der Waals surface area contributed by atoms with Gasteiger partial charge < -0.3 is 10.8 Å². The Hall–Kier alpha value is -0.120. The first-order valence-electron chi connectivity index (χ1n) is 6.01. The summed E-state index contributed by atoms with van der Waals surface area (Å²) in [7, 11) is 1.00. The Bertz CT molecular complexity index is 188. The largest absolute Gasteiger partial charge is 0.400 e. The summed E-state index contributed by atoms with van der Waals surface area (Å²) >= 11 is 5.68. The number of alkyl halides is 1. The van der Waals surface area contributed by atoms with E-state index in [1.54, 1.807) is 0 Å². The fourth-order valence-electron chi connectivity index (χ4n) is 2.28. The van der Waals surface area contributed by atoms with Gasteiger partial charge in [0.2, 0.25) is 0 Å². The zero-order chi connectivity index (χ0) is 12.4. The van der Waals surface area contributed by atoms with Gasteiger partial charge in [-0.15, -0.1) is 11.6 Å². The molecule has 1 saturated carbocycles. The lowest BCUT2D eigenvalue weighted by Gasteiger charge is -2.27. The highest BCUT2D eigenvalue weighted by molar-refractivity contribution is 6.18. The van der Waals surface area contributed by atoms with Crippen LogP contribution in [0, 0.1) is 11.8 Å². The van der Waals surface area contributed by atoms with Gasteiger partial charge >= 0.3 is 0 Å². The number of aliphatic hydroxyl groups excluding tert-OH is 1. The van der Waals surface area contributed by atoms with Crippen LogP contribution in [0.2, 0.25) is 0 Å². The Morgan fingerprint density at radius 1 is 1.44 bits per heavy atom. The molecule has 0 bridgehead atoms. The number of rotatable bonds is 5. The topological polar surface area (TPSA) is 63.3 Å². The molecule has 0 aromatic heterocycles. The van der Waals surface area contributed by atoms with Gasteiger partial charge in [0.25, 0.3) is 0 Å². The first kappa shape index (κ1) is 15.9. The minimum absolute atomic E-state index is 0.240. The normalized spacial score (nSPS) is 24.9. The number of halogens is 1. The minimum atomic E-state index is 0.240. The second-order valence-corrected chi connectivity index (χ2v) is 4.59. The average molecular weight is 250 g/mol. The molecule has 0 amide bonds. The van der Waals surface area contributed by atoms with Crippen molar-refractivity contribution in [2.24, 2.45) is 17.6 Å². The molecule has 0 saturated heterocycles. The van der Waals surface area contributed by atoms with Gasteiger partial charge in [-0.25, -0.2) is 0 Å². The summed E-state index contributed by atoms with van der Waals surface area (Å²) in [6, 6.07) is 0. The molecule has 0 aromatic rings. The van der Waals surface area contributed by atoms with E-state index in [9.17, 15) is 4.79 Å². The molecule has 1 fully saturated rings. The standard InChI is InChI=1S/C11H20ClNO.CH4O/c12-6-5-10-8-9(2-1-7-13)3-4-11(10)14;1-2/h9-10H,1-8,13H2;2H,1H3. The molecule has 3 nitrogen and oxygen atoms in total. The molecule has 1 aliphatic carbocycles. The van der Waals surface area contributed by atoms with Crippen LogP contribution in [0.3, 0.4) is 0 Å². The Balaban J connectivity index is 0.00000106. The van der Waals surface area contributed by atoms with E-state index in [4.69, 9.17) is 22.4 Å². The van der Waals surface area contributed by atoms with Crippen molar-refractivity contribution >= 4 is 17.4 Å². The minimum Gasteiger partial charge on any atom is -0.400 e. The second kappa shape index (κ2) is 10.1. The van der Waals surface area contributed by atoms with Gasteiger partial charge in [-0.3, -0.25) is 4.79 Å². The molecule has 16 heavy (non-hydrogen) atoms. The predicted molar refractivity (Wildman–Crippen MR) is 67.6 cm³/mol. The third kappa shape index (κ3) is 5.83. The van der Waals surface area contributed by atoms with Crippen molar-refractivity contribution in [2.75, 3.05) is 19.5 Å². The van der Waals surface area contributed by atoms with E-state index in [0.717, 1.165) is 45.8 Å². The predicted octanol–water partition coefficient (Wildman–Crippen LogP) is 1.95. The Morgan fingerprint density at radius 3 is 2.69 bits per heavy atom. The van der Waals surface area contributed by atoms with Crippen LogP contribution >= 0.6 is 11.6 Å². The molecule has 0 aromatic carbocycles. The van der Waals surface area contributed by atoms with Gasteiger partial charge in [0.1, 0.15) is 5.78 Å². The first-order valence-corrected chi connectivity index (χ1v) is 6.54. The zero-order valence-corrected chi connectivity index (χ0v) is 10.9. The number of hydrogen-bond donors (Lipinski definition) is 2. The monoisotopic (exact) mass is 249 g/mol. The zero-order valence-electron chi connectivity index (χ0n) is 10.1. The van der Waals surface area contributed by atoms with E-state index in [0.29, 0.717) is 17.6 Å². The van der Waals surface area contributed by atoms with Crippen LogP contribution in [0.4, 0.5) is 0 Å². The summed E-state index contributed by atoms with van der Waals surface area (Å²) < 4.78 is 0. The highest BCUT2D eigenvalue weighted by Crippen LogP contribution is 2.31. The summed E-state index contributed by atoms with van der Waals surface area (Å²) in [4.78, 5) is 11.5. The Morgan fingerprint density at radius 2 is 2.12 bits per heavy atom. The van der Waals surface area contributed by atoms with E-state index >= 15 is 0 Å². The SMILES string of the molecule is CO.NCCCC1CCC(=O)C(CCCl)C1. The van der Waals surface area contributed by atoms with Crippen molar-refractivity contribution in [2.45, 2.75) is 38.5 Å². The van der Waals surface area contributed by atoms with Crippen molar-refractivity contribution < 1.29 is 9.90 Å². The number of nitrogens with two attached hydrogens (primary N) is 1. The van der Waals surface area contributed by atoms with E-state index in [1.165, 1.54) is 6.42 Å². The molecular weight excluding hydrogens is 226 g/mol. The third-order valence-electron chi connectivity index (χ3n) is 3.15. The van der Waals surface area contributed by atoms with Crippen LogP contribution in [0.1, 0.15) is 38.5 Å².